The van der Waals surface area contributed by atoms with Crippen molar-refractivity contribution in [3.05, 3.63) is 53.9 Å². The van der Waals surface area contributed by atoms with Gasteiger partial charge in [-0.2, -0.15) is 0 Å². The van der Waals surface area contributed by atoms with E-state index in [4.69, 9.17) is 15.9 Å². The summed E-state index contributed by atoms with van der Waals surface area (Å²) in [7, 11) is 0. The molecule has 0 unspecified atom stereocenters. The van der Waals surface area contributed by atoms with Gasteiger partial charge in [0, 0.05) is 28.9 Å². The first-order valence-electron chi connectivity index (χ1n) is 7.12. The number of nitrogens with two attached hydrogens (primary N) is 2. The van der Waals surface area contributed by atoms with Crippen LogP contribution in [0.25, 0.3) is 32.8 Å². The molecule has 118 valence electrons. The number of carbonyl (C=O) groups is 1. The fourth-order valence-corrected chi connectivity index (χ4v) is 3.56. The number of anilines is 1. The number of primary amides is 1. The van der Waals surface area contributed by atoms with Gasteiger partial charge in [0.05, 0.1) is 17.6 Å². The molecule has 0 atom stereocenters. The zero-order valence-corrected chi connectivity index (χ0v) is 13.2. The highest BCUT2D eigenvalue weighted by molar-refractivity contribution is 7.21. The Morgan fingerprint density at radius 3 is 2.79 bits per heavy atom. The van der Waals surface area contributed by atoms with Crippen LogP contribution in [0.3, 0.4) is 0 Å². The quantitative estimate of drug-likeness (QED) is 0.597. The summed E-state index contributed by atoms with van der Waals surface area (Å²) < 4.78 is 5.53. The Hall–Kier alpha value is -3.19. The monoisotopic (exact) mass is 336 g/mol. The number of thiophene rings is 1. The molecular formula is C17H12N4O2S. The molecule has 0 aliphatic carbocycles. The maximum absolute atomic E-state index is 11.6. The van der Waals surface area contributed by atoms with Crippen LogP contribution in [0, 0.1) is 0 Å². The second kappa shape index (κ2) is 5.47. The summed E-state index contributed by atoms with van der Waals surface area (Å²) in [5.74, 6) is 0.0804. The molecule has 4 N–H and O–H groups in total. The molecule has 6 nitrogen and oxygen atoms in total. The fraction of sp³-hybridized carbons (Fsp3) is 0. The molecule has 4 heterocycles. The van der Waals surface area contributed by atoms with Crippen LogP contribution < -0.4 is 11.5 Å². The third-order valence-corrected chi connectivity index (χ3v) is 4.78. The minimum Gasteiger partial charge on any atom is -0.464 e. The zero-order valence-electron chi connectivity index (χ0n) is 12.4. The van der Waals surface area contributed by atoms with Crippen LogP contribution in [0.1, 0.15) is 9.67 Å². The van der Waals surface area contributed by atoms with Crippen molar-refractivity contribution in [2.75, 3.05) is 5.73 Å². The molecule has 0 bridgehead atoms. The number of hydrogen-bond acceptors (Lipinski definition) is 6. The largest absolute Gasteiger partial charge is 0.464 e. The van der Waals surface area contributed by atoms with Gasteiger partial charge in [0.1, 0.15) is 15.5 Å². The maximum atomic E-state index is 11.6. The van der Waals surface area contributed by atoms with Crippen molar-refractivity contribution < 1.29 is 9.21 Å². The Kier molecular flexibility index (Phi) is 3.28. The lowest BCUT2D eigenvalue weighted by Gasteiger charge is -2.06. The van der Waals surface area contributed by atoms with Crippen molar-refractivity contribution in [1.82, 2.24) is 9.97 Å². The zero-order chi connectivity index (χ0) is 16.7. The first-order chi connectivity index (χ1) is 11.6. The highest BCUT2D eigenvalue weighted by atomic mass is 32.1. The Morgan fingerprint density at radius 2 is 2.12 bits per heavy atom. The van der Waals surface area contributed by atoms with E-state index in [1.165, 1.54) is 11.3 Å². The molecule has 7 heteroatoms. The standard InChI is InChI=1S/C17H12N4O2S/c18-14-13-10(12-4-2-6-23-12)7-11(9-3-1-5-20-8-9)21-17(13)24-15(14)16(19)22/h1-8H,18H2,(H2,19,22). The van der Waals surface area contributed by atoms with Gasteiger partial charge in [-0.3, -0.25) is 9.78 Å². The van der Waals surface area contributed by atoms with E-state index in [1.54, 1.807) is 24.7 Å². The van der Waals surface area contributed by atoms with Crippen molar-refractivity contribution >= 4 is 33.1 Å². The maximum Gasteiger partial charge on any atom is 0.260 e. The Balaban J connectivity index is 2.07. The average molecular weight is 336 g/mol. The van der Waals surface area contributed by atoms with Crippen molar-refractivity contribution in [2.24, 2.45) is 5.73 Å². The van der Waals surface area contributed by atoms with Crippen molar-refractivity contribution in [3.63, 3.8) is 0 Å². The molecule has 4 aromatic rings. The van der Waals surface area contributed by atoms with Gasteiger partial charge in [0.2, 0.25) is 0 Å². The van der Waals surface area contributed by atoms with Crippen LogP contribution in [0.2, 0.25) is 0 Å². The van der Waals surface area contributed by atoms with Crippen LogP contribution in [-0.2, 0) is 0 Å². The molecule has 0 aromatic carbocycles. The van der Waals surface area contributed by atoms with E-state index in [0.29, 0.717) is 26.5 Å². The molecule has 0 aliphatic heterocycles. The van der Waals surface area contributed by atoms with Gasteiger partial charge in [-0.25, -0.2) is 4.98 Å². The van der Waals surface area contributed by atoms with Crippen LogP contribution in [0.5, 0.6) is 0 Å². The van der Waals surface area contributed by atoms with Crippen LogP contribution in [0.15, 0.2) is 53.4 Å². The van der Waals surface area contributed by atoms with E-state index in [1.807, 2.05) is 24.3 Å². The van der Waals surface area contributed by atoms with Gasteiger partial charge >= 0.3 is 0 Å². The number of carbonyl (C=O) groups excluding carboxylic acids is 1. The summed E-state index contributed by atoms with van der Waals surface area (Å²) in [6.07, 6.45) is 5.01. The minimum absolute atomic E-state index is 0.300. The summed E-state index contributed by atoms with van der Waals surface area (Å²) in [4.78, 5) is 21.3. The lowest BCUT2D eigenvalue weighted by Crippen LogP contribution is -2.10. The number of nitrogen functional groups attached to an aromatic ring is 1. The van der Waals surface area contributed by atoms with Crippen LogP contribution >= 0.6 is 11.3 Å². The highest BCUT2D eigenvalue weighted by Gasteiger charge is 2.21. The second-order valence-electron chi connectivity index (χ2n) is 5.16. The molecule has 4 rings (SSSR count). The van der Waals surface area contributed by atoms with Crippen LogP contribution in [0.4, 0.5) is 5.69 Å². The summed E-state index contributed by atoms with van der Waals surface area (Å²) in [6.45, 7) is 0. The third-order valence-electron chi connectivity index (χ3n) is 3.67. The number of fused-ring (bicyclic) bond motifs is 1. The predicted molar refractivity (Wildman–Crippen MR) is 93.5 cm³/mol. The Morgan fingerprint density at radius 1 is 1.25 bits per heavy atom. The molecule has 0 saturated heterocycles. The second-order valence-corrected chi connectivity index (χ2v) is 6.16. The molecule has 4 aromatic heterocycles. The first-order valence-corrected chi connectivity index (χ1v) is 7.94. The van der Waals surface area contributed by atoms with Gasteiger partial charge in [-0.05, 0) is 30.3 Å². The first kappa shape index (κ1) is 14.4. The molecule has 0 spiro atoms. The Labute approximate surface area is 140 Å². The number of pyridine rings is 2. The molecular weight excluding hydrogens is 324 g/mol. The highest BCUT2D eigenvalue weighted by Crippen LogP contribution is 2.41. The van der Waals surface area contributed by atoms with Gasteiger partial charge in [-0.1, -0.05) is 0 Å². The van der Waals surface area contributed by atoms with E-state index in [2.05, 4.69) is 9.97 Å². The lowest BCUT2D eigenvalue weighted by molar-refractivity contribution is 0.100. The fourth-order valence-electron chi connectivity index (χ4n) is 2.59. The number of rotatable bonds is 3. The summed E-state index contributed by atoms with van der Waals surface area (Å²) >= 11 is 1.18. The third kappa shape index (κ3) is 2.22. The molecule has 24 heavy (non-hydrogen) atoms. The number of hydrogen-bond donors (Lipinski definition) is 2. The topological polar surface area (TPSA) is 108 Å². The number of aromatic nitrogens is 2. The molecule has 0 radical (unpaired) electrons. The van der Waals surface area contributed by atoms with Crippen molar-refractivity contribution in [1.29, 1.82) is 0 Å². The minimum atomic E-state index is -0.566. The van der Waals surface area contributed by atoms with Gasteiger partial charge < -0.3 is 15.9 Å². The van der Waals surface area contributed by atoms with Gasteiger partial charge in [0.15, 0.2) is 0 Å². The summed E-state index contributed by atoms with van der Waals surface area (Å²) in [5, 5.41) is 0.677. The van der Waals surface area contributed by atoms with Gasteiger partial charge in [0.25, 0.3) is 5.91 Å². The Bertz CT molecular complexity index is 1040. The van der Waals surface area contributed by atoms with Crippen molar-refractivity contribution in [3.8, 4) is 22.6 Å². The molecule has 0 aliphatic rings. The van der Waals surface area contributed by atoms with E-state index >= 15 is 0 Å². The normalized spacial score (nSPS) is 11.0. The molecule has 1 amide bonds. The SMILES string of the molecule is NC(=O)c1sc2nc(-c3cccnc3)cc(-c3ccco3)c2c1N. The van der Waals surface area contributed by atoms with Crippen molar-refractivity contribution in [2.45, 2.75) is 0 Å². The smallest absolute Gasteiger partial charge is 0.260 e. The summed E-state index contributed by atoms with van der Waals surface area (Å²) in [6, 6.07) is 9.27. The van der Waals surface area contributed by atoms with Crippen LogP contribution in [-0.4, -0.2) is 15.9 Å². The number of nitrogens with zero attached hydrogens (tertiary/aromatic N) is 2. The average Bonchev–Trinajstić information content (AvgIpc) is 3.23. The number of amides is 1. The lowest BCUT2D eigenvalue weighted by atomic mass is 10.0. The van der Waals surface area contributed by atoms with E-state index < -0.39 is 5.91 Å². The summed E-state index contributed by atoms with van der Waals surface area (Å²) in [5.41, 5.74) is 14.3. The molecule has 0 fully saturated rings. The molecule has 0 saturated carbocycles. The predicted octanol–water partition coefficient (Wildman–Crippen LogP) is 3.30. The van der Waals surface area contributed by atoms with E-state index in [-0.39, 0.29) is 0 Å². The number of furan rings is 1. The van der Waals surface area contributed by atoms with E-state index in [9.17, 15) is 4.79 Å². The van der Waals surface area contributed by atoms with E-state index in [0.717, 1.165) is 16.8 Å². The van der Waals surface area contributed by atoms with Gasteiger partial charge in [-0.15, -0.1) is 11.3 Å².